The van der Waals surface area contributed by atoms with Gasteiger partial charge >= 0.3 is 0 Å². The minimum Gasteiger partial charge on any atom is -0.494 e. The smallest absolute Gasteiger partial charge is 0.119 e. The number of nitrogens with one attached hydrogen (secondary N) is 1. The lowest BCUT2D eigenvalue weighted by Crippen LogP contribution is -2.23. The maximum absolute atomic E-state index is 5.51. The van der Waals surface area contributed by atoms with Gasteiger partial charge in [-0.25, -0.2) is 0 Å². The number of hydrogen-bond acceptors (Lipinski definition) is 3. The summed E-state index contributed by atoms with van der Waals surface area (Å²) in [6, 6.07) is 11.1. The molecule has 0 aliphatic heterocycles. The molecule has 0 radical (unpaired) electrons. The molecule has 0 amide bonds. The van der Waals surface area contributed by atoms with Gasteiger partial charge in [-0.15, -0.1) is 0 Å². The zero-order chi connectivity index (χ0) is 14.2. The van der Waals surface area contributed by atoms with Crippen molar-refractivity contribution in [2.24, 2.45) is 0 Å². The third-order valence-electron chi connectivity index (χ3n) is 3.25. The molecule has 3 heteroatoms. The Labute approximate surface area is 125 Å². The summed E-state index contributed by atoms with van der Waals surface area (Å²) in [6.07, 6.45) is 2.19. The minimum atomic E-state index is 0.375. The predicted octanol–water partition coefficient (Wildman–Crippen LogP) is 4.43. The van der Waals surface area contributed by atoms with E-state index in [-0.39, 0.29) is 0 Å². The quantitative estimate of drug-likeness (QED) is 0.776. The van der Waals surface area contributed by atoms with E-state index in [1.807, 2.05) is 6.92 Å². The van der Waals surface area contributed by atoms with Crippen molar-refractivity contribution in [3.8, 4) is 5.75 Å². The third kappa shape index (κ3) is 4.36. The van der Waals surface area contributed by atoms with Gasteiger partial charge in [0.1, 0.15) is 5.75 Å². The number of hydrogen-bond donors (Lipinski definition) is 1. The van der Waals surface area contributed by atoms with Gasteiger partial charge in [0.15, 0.2) is 0 Å². The molecule has 1 heterocycles. The van der Waals surface area contributed by atoms with Gasteiger partial charge in [0.05, 0.1) is 6.61 Å². The minimum absolute atomic E-state index is 0.375. The van der Waals surface area contributed by atoms with E-state index < -0.39 is 0 Å². The normalized spacial score (nSPS) is 12.3. The second kappa shape index (κ2) is 8.08. The zero-order valence-electron chi connectivity index (χ0n) is 12.3. The number of thiophene rings is 1. The van der Waals surface area contributed by atoms with Crippen LogP contribution in [0.2, 0.25) is 0 Å². The number of rotatable bonds is 8. The summed E-state index contributed by atoms with van der Waals surface area (Å²) in [6.45, 7) is 5.97. The van der Waals surface area contributed by atoms with Crippen LogP contribution in [0.4, 0.5) is 0 Å². The predicted molar refractivity (Wildman–Crippen MR) is 86.7 cm³/mol. The molecular weight excluding hydrogens is 266 g/mol. The highest BCUT2D eigenvalue weighted by molar-refractivity contribution is 7.07. The molecule has 2 aromatic rings. The van der Waals surface area contributed by atoms with Crippen LogP contribution in [-0.2, 0) is 6.42 Å². The molecule has 1 atom stereocenters. The first kappa shape index (κ1) is 15.1. The fourth-order valence-corrected chi connectivity index (χ4v) is 2.92. The van der Waals surface area contributed by atoms with Gasteiger partial charge in [0, 0.05) is 6.04 Å². The molecule has 1 unspecified atom stereocenters. The Balaban J connectivity index is 2.08. The van der Waals surface area contributed by atoms with E-state index in [4.69, 9.17) is 4.74 Å². The van der Waals surface area contributed by atoms with E-state index in [0.717, 1.165) is 25.1 Å². The summed E-state index contributed by atoms with van der Waals surface area (Å²) in [5, 5.41) is 8.01. The average Bonchev–Trinajstić information content (AvgIpc) is 2.98. The lowest BCUT2D eigenvalue weighted by atomic mass is 10.0. The molecule has 1 aromatic carbocycles. The molecule has 0 aliphatic carbocycles. The Hall–Kier alpha value is -1.32. The summed E-state index contributed by atoms with van der Waals surface area (Å²) < 4.78 is 5.51. The molecule has 0 bridgehead atoms. The van der Waals surface area contributed by atoms with E-state index in [9.17, 15) is 0 Å². The SMILES string of the molecule is CCCNC(Cc1ccsc1)c1ccc(OCC)cc1. The highest BCUT2D eigenvalue weighted by atomic mass is 32.1. The van der Waals surface area contributed by atoms with Crippen molar-refractivity contribution < 1.29 is 4.74 Å². The Bertz CT molecular complexity index is 478. The summed E-state index contributed by atoms with van der Waals surface area (Å²) in [5.41, 5.74) is 2.73. The molecule has 20 heavy (non-hydrogen) atoms. The van der Waals surface area contributed by atoms with Gasteiger partial charge in [-0.05, 0) is 66.4 Å². The Morgan fingerprint density at radius 2 is 1.95 bits per heavy atom. The maximum Gasteiger partial charge on any atom is 0.119 e. The standard InChI is InChI=1S/C17H23NOS/c1-3-10-18-17(12-14-9-11-20-13-14)15-5-7-16(8-6-15)19-4-2/h5-9,11,13,17-18H,3-4,10,12H2,1-2H3. The van der Waals surface area contributed by atoms with Crippen molar-refractivity contribution >= 4 is 11.3 Å². The van der Waals surface area contributed by atoms with E-state index in [0.29, 0.717) is 12.6 Å². The second-order valence-corrected chi connectivity index (χ2v) is 5.62. The van der Waals surface area contributed by atoms with Gasteiger partial charge in [0.2, 0.25) is 0 Å². The van der Waals surface area contributed by atoms with Crippen molar-refractivity contribution in [3.05, 3.63) is 52.2 Å². The van der Waals surface area contributed by atoms with Crippen molar-refractivity contribution in [3.63, 3.8) is 0 Å². The molecule has 0 saturated heterocycles. The van der Waals surface area contributed by atoms with Crippen molar-refractivity contribution in [1.29, 1.82) is 0 Å². The average molecular weight is 289 g/mol. The highest BCUT2D eigenvalue weighted by Crippen LogP contribution is 2.22. The van der Waals surface area contributed by atoms with Crippen molar-refractivity contribution in [2.45, 2.75) is 32.7 Å². The fourth-order valence-electron chi connectivity index (χ4n) is 2.23. The molecule has 0 fully saturated rings. The summed E-state index contributed by atoms with van der Waals surface area (Å²) in [7, 11) is 0. The third-order valence-corrected chi connectivity index (χ3v) is 3.99. The zero-order valence-corrected chi connectivity index (χ0v) is 13.1. The molecule has 2 rings (SSSR count). The van der Waals surface area contributed by atoms with Gasteiger partial charge in [-0.3, -0.25) is 0 Å². The number of ether oxygens (including phenoxy) is 1. The van der Waals surface area contributed by atoms with Gasteiger partial charge in [-0.2, -0.15) is 11.3 Å². The van der Waals surface area contributed by atoms with E-state index >= 15 is 0 Å². The molecule has 0 saturated carbocycles. The molecule has 1 aromatic heterocycles. The summed E-state index contributed by atoms with van der Waals surface area (Å²) >= 11 is 1.76. The van der Waals surface area contributed by atoms with Crippen LogP contribution in [-0.4, -0.2) is 13.2 Å². The van der Waals surface area contributed by atoms with E-state index in [1.54, 1.807) is 11.3 Å². The monoisotopic (exact) mass is 289 g/mol. The van der Waals surface area contributed by atoms with E-state index in [1.165, 1.54) is 11.1 Å². The van der Waals surface area contributed by atoms with Crippen LogP contribution in [0, 0.1) is 0 Å². The van der Waals surface area contributed by atoms with Crippen LogP contribution in [0.3, 0.4) is 0 Å². The first-order valence-corrected chi connectivity index (χ1v) is 8.25. The molecule has 0 spiro atoms. The first-order valence-electron chi connectivity index (χ1n) is 7.30. The molecule has 108 valence electrons. The Kier molecular flexibility index (Phi) is 6.09. The molecule has 0 aliphatic rings. The topological polar surface area (TPSA) is 21.3 Å². The maximum atomic E-state index is 5.51. The Morgan fingerprint density at radius 1 is 1.15 bits per heavy atom. The molecule has 1 N–H and O–H groups in total. The van der Waals surface area contributed by atoms with Gasteiger partial charge < -0.3 is 10.1 Å². The lowest BCUT2D eigenvalue weighted by Gasteiger charge is -2.19. The summed E-state index contributed by atoms with van der Waals surface area (Å²) in [5.74, 6) is 0.945. The fraction of sp³-hybridized carbons (Fsp3) is 0.412. The van der Waals surface area contributed by atoms with Crippen LogP contribution >= 0.6 is 11.3 Å². The Morgan fingerprint density at radius 3 is 2.55 bits per heavy atom. The summed E-state index contributed by atoms with van der Waals surface area (Å²) in [4.78, 5) is 0. The van der Waals surface area contributed by atoms with Crippen LogP contribution < -0.4 is 10.1 Å². The molecule has 2 nitrogen and oxygen atoms in total. The molecular formula is C17H23NOS. The van der Waals surface area contributed by atoms with Crippen molar-refractivity contribution in [1.82, 2.24) is 5.32 Å². The van der Waals surface area contributed by atoms with E-state index in [2.05, 4.69) is 53.3 Å². The lowest BCUT2D eigenvalue weighted by molar-refractivity contribution is 0.340. The van der Waals surface area contributed by atoms with Crippen LogP contribution in [0.1, 0.15) is 37.4 Å². The largest absolute Gasteiger partial charge is 0.494 e. The van der Waals surface area contributed by atoms with Gasteiger partial charge in [0.25, 0.3) is 0 Å². The van der Waals surface area contributed by atoms with Crippen LogP contribution in [0.5, 0.6) is 5.75 Å². The first-order chi connectivity index (χ1) is 9.83. The highest BCUT2D eigenvalue weighted by Gasteiger charge is 2.12. The van der Waals surface area contributed by atoms with Gasteiger partial charge in [-0.1, -0.05) is 19.1 Å². The van der Waals surface area contributed by atoms with Crippen molar-refractivity contribution in [2.75, 3.05) is 13.2 Å². The second-order valence-electron chi connectivity index (χ2n) is 4.84. The van der Waals surface area contributed by atoms with Crippen LogP contribution in [0.15, 0.2) is 41.1 Å². The van der Waals surface area contributed by atoms with Crippen LogP contribution in [0.25, 0.3) is 0 Å². The number of benzene rings is 1.